The van der Waals surface area contributed by atoms with Crippen LogP contribution in [-0.4, -0.2) is 11.0 Å². The van der Waals surface area contributed by atoms with Crippen LogP contribution in [0.4, 0.5) is 0 Å². The molecule has 1 aromatic heterocycles. The van der Waals surface area contributed by atoms with E-state index in [1.165, 1.54) is 25.7 Å². The molecule has 1 heterocycles. The summed E-state index contributed by atoms with van der Waals surface area (Å²) in [4.78, 5) is 15.3. The van der Waals surface area contributed by atoms with Crippen LogP contribution in [0.25, 0.3) is 0 Å². The Bertz CT molecular complexity index is 311. The summed E-state index contributed by atoms with van der Waals surface area (Å²) in [5.74, 6) is 0.372. The normalized spacial score (nSPS) is 10.2. The molecular formula is C14H21NO2. The predicted molar refractivity (Wildman–Crippen MR) is 67.9 cm³/mol. The summed E-state index contributed by atoms with van der Waals surface area (Å²) in [6, 6.07) is 3.50. The highest BCUT2D eigenvalue weighted by molar-refractivity contribution is 5.72. The molecule has 1 rings (SSSR count). The first-order valence-corrected chi connectivity index (χ1v) is 6.43. The van der Waals surface area contributed by atoms with Crippen molar-refractivity contribution < 1.29 is 9.53 Å². The van der Waals surface area contributed by atoms with Crippen molar-refractivity contribution in [1.29, 1.82) is 0 Å². The molecular weight excluding hydrogens is 214 g/mol. The van der Waals surface area contributed by atoms with Crippen molar-refractivity contribution >= 4 is 5.97 Å². The van der Waals surface area contributed by atoms with Gasteiger partial charge in [-0.1, -0.05) is 39.0 Å². The summed E-state index contributed by atoms with van der Waals surface area (Å²) >= 11 is 0. The zero-order chi connectivity index (χ0) is 12.3. The molecule has 17 heavy (non-hydrogen) atoms. The second-order valence-electron chi connectivity index (χ2n) is 4.18. The van der Waals surface area contributed by atoms with Gasteiger partial charge in [-0.25, -0.2) is 0 Å². The predicted octanol–water partition coefficient (Wildman–Crippen LogP) is 3.74. The fraction of sp³-hybridized carbons (Fsp3) is 0.571. The van der Waals surface area contributed by atoms with E-state index in [0.717, 1.165) is 12.8 Å². The van der Waals surface area contributed by atoms with E-state index in [-0.39, 0.29) is 5.97 Å². The van der Waals surface area contributed by atoms with Gasteiger partial charge in [-0.05, 0) is 18.6 Å². The average Bonchev–Trinajstić information content (AvgIpc) is 2.35. The maximum Gasteiger partial charge on any atom is 0.311 e. The number of pyridine rings is 1. The molecule has 0 spiro atoms. The number of rotatable bonds is 8. The van der Waals surface area contributed by atoms with E-state index >= 15 is 0 Å². The van der Waals surface area contributed by atoms with Gasteiger partial charge in [-0.15, -0.1) is 0 Å². The number of carbonyl (C=O) groups is 1. The Labute approximate surface area is 103 Å². The minimum Gasteiger partial charge on any atom is -0.425 e. The molecule has 0 fully saturated rings. The monoisotopic (exact) mass is 235 g/mol. The van der Waals surface area contributed by atoms with Gasteiger partial charge in [0, 0.05) is 12.6 Å². The highest BCUT2D eigenvalue weighted by atomic mass is 16.5. The summed E-state index contributed by atoms with van der Waals surface area (Å²) in [6.07, 6.45) is 10.8. The molecule has 0 aromatic carbocycles. The second kappa shape index (κ2) is 8.74. The Morgan fingerprint density at radius 3 is 2.71 bits per heavy atom. The highest BCUT2D eigenvalue weighted by Crippen LogP contribution is 2.10. The van der Waals surface area contributed by atoms with E-state index in [0.29, 0.717) is 12.2 Å². The number of carbonyl (C=O) groups excluding carboxylic acids is 1. The molecule has 0 saturated carbocycles. The van der Waals surface area contributed by atoms with Crippen molar-refractivity contribution in [1.82, 2.24) is 4.98 Å². The number of ether oxygens (including phenoxy) is 1. The largest absolute Gasteiger partial charge is 0.425 e. The zero-order valence-corrected chi connectivity index (χ0v) is 10.5. The van der Waals surface area contributed by atoms with Gasteiger partial charge in [0.2, 0.25) is 0 Å². The molecule has 3 heteroatoms. The van der Waals surface area contributed by atoms with Gasteiger partial charge >= 0.3 is 5.97 Å². The van der Waals surface area contributed by atoms with Crippen LogP contribution in [0.3, 0.4) is 0 Å². The van der Waals surface area contributed by atoms with Crippen LogP contribution in [0.5, 0.6) is 5.75 Å². The van der Waals surface area contributed by atoms with Crippen LogP contribution in [0.1, 0.15) is 51.9 Å². The van der Waals surface area contributed by atoms with E-state index in [9.17, 15) is 4.79 Å². The Morgan fingerprint density at radius 1 is 1.24 bits per heavy atom. The molecule has 0 unspecified atom stereocenters. The molecule has 0 N–H and O–H groups in total. The lowest BCUT2D eigenvalue weighted by atomic mass is 10.1. The van der Waals surface area contributed by atoms with Crippen molar-refractivity contribution in [2.24, 2.45) is 0 Å². The maximum absolute atomic E-state index is 11.5. The minimum atomic E-state index is -0.159. The quantitative estimate of drug-likeness (QED) is 0.509. The number of aromatic nitrogens is 1. The maximum atomic E-state index is 11.5. The first-order chi connectivity index (χ1) is 8.33. The van der Waals surface area contributed by atoms with Crippen LogP contribution in [0.15, 0.2) is 24.5 Å². The fourth-order valence-electron chi connectivity index (χ4n) is 1.64. The molecule has 0 radical (unpaired) electrons. The SMILES string of the molecule is CCCCCCCCC(=O)Oc1cccnc1. The van der Waals surface area contributed by atoms with Gasteiger partial charge in [0.05, 0.1) is 6.20 Å². The Morgan fingerprint density at radius 2 is 2.00 bits per heavy atom. The van der Waals surface area contributed by atoms with Crippen molar-refractivity contribution in [3.05, 3.63) is 24.5 Å². The number of esters is 1. The van der Waals surface area contributed by atoms with Gasteiger partial charge in [0.15, 0.2) is 0 Å². The van der Waals surface area contributed by atoms with Gasteiger partial charge in [0.1, 0.15) is 5.75 Å². The number of unbranched alkanes of at least 4 members (excludes halogenated alkanes) is 5. The minimum absolute atomic E-state index is 0.159. The second-order valence-corrected chi connectivity index (χ2v) is 4.18. The Balaban J connectivity index is 2.06. The summed E-state index contributed by atoms with van der Waals surface area (Å²) < 4.78 is 5.14. The molecule has 1 aromatic rings. The first-order valence-electron chi connectivity index (χ1n) is 6.43. The van der Waals surface area contributed by atoms with Gasteiger partial charge in [-0.2, -0.15) is 0 Å². The molecule has 0 aliphatic rings. The highest BCUT2D eigenvalue weighted by Gasteiger charge is 2.03. The van der Waals surface area contributed by atoms with Crippen molar-refractivity contribution in [2.75, 3.05) is 0 Å². The average molecular weight is 235 g/mol. The molecule has 94 valence electrons. The first kappa shape index (κ1) is 13.7. The van der Waals surface area contributed by atoms with E-state index in [4.69, 9.17) is 4.74 Å². The third kappa shape index (κ3) is 6.72. The summed E-state index contributed by atoms with van der Waals surface area (Å²) in [7, 11) is 0. The van der Waals surface area contributed by atoms with Gasteiger partial charge in [-0.3, -0.25) is 9.78 Å². The topological polar surface area (TPSA) is 39.2 Å². The lowest BCUT2D eigenvalue weighted by molar-refractivity contribution is -0.134. The Hall–Kier alpha value is -1.38. The summed E-state index contributed by atoms with van der Waals surface area (Å²) in [5.41, 5.74) is 0. The summed E-state index contributed by atoms with van der Waals surface area (Å²) in [5, 5.41) is 0. The third-order valence-electron chi connectivity index (χ3n) is 2.60. The van der Waals surface area contributed by atoms with Crippen LogP contribution < -0.4 is 4.74 Å². The smallest absolute Gasteiger partial charge is 0.311 e. The molecule has 3 nitrogen and oxygen atoms in total. The summed E-state index contributed by atoms with van der Waals surface area (Å²) in [6.45, 7) is 2.20. The van der Waals surface area contributed by atoms with Crippen LogP contribution in [-0.2, 0) is 4.79 Å². The van der Waals surface area contributed by atoms with Crippen LogP contribution in [0.2, 0.25) is 0 Å². The molecule has 0 atom stereocenters. The number of hydrogen-bond donors (Lipinski definition) is 0. The standard InChI is InChI=1S/C14H21NO2/c1-2-3-4-5-6-7-10-14(16)17-13-9-8-11-15-12-13/h8-9,11-12H,2-7,10H2,1H3. The van der Waals surface area contributed by atoms with E-state index in [2.05, 4.69) is 11.9 Å². The molecule has 0 aliphatic carbocycles. The van der Waals surface area contributed by atoms with E-state index in [1.807, 2.05) is 0 Å². The van der Waals surface area contributed by atoms with Crippen molar-refractivity contribution in [3.8, 4) is 5.75 Å². The number of hydrogen-bond acceptors (Lipinski definition) is 3. The van der Waals surface area contributed by atoms with Gasteiger partial charge < -0.3 is 4.74 Å². The zero-order valence-electron chi connectivity index (χ0n) is 10.5. The number of nitrogens with zero attached hydrogens (tertiary/aromatic N) is 1. The van der Waals surface area contributed by atoms with Crippen LogP contribution >= 0.6 is 0 Å². The van der Waals surface area contributed by atoms with Crippen molar-refractivity contribution in [2.45, 2.75) is 51.9 Å². The lowest BCUT2D eigenvalue weighted by Gasteiger charge is -2.03. The van der Waals surface area contributed by atoms with E-state index < -0.39 is 0 Å². The Kier molecular flexibility index (Phi) is 7.03. The lowest BCUT2D eigenvalue weighted by Crippen LogP contribution is -2.07. The molecule has 0 aliphatic heterocycles. The molecule has 0 amide bonds. The van der Waals surface area contributed by atoms with Gasteiger partial charge in [0.25, 0.3) is 0 Å². The molecule has 0 saturated heterocycles. The fourth-order valence-corrected chi connectivity index (χ4v) is 1.64. The van der Waals surface area contributed by atoms with Crippen molar-refractivity contribution in [3.63, 3.8) is 0 Å². The van der Waals surface area contributed by atoms with Crippen LogP contribution in [0, 0.1) is 0 Å². The molecule has 0 bridgehead atoms. The third-order valence-corrected chi connectivity index (χ3v) is 2.60. The van der Waals surface area contributed by atoms with E-state index in [1.54, 1.807) is 24.5 Å².